The lowest BCUT2D eigenvalue weighted by Crippen LogP contribution is -2.50. The van der Waals surface area contributed by atoms with Crippen LogP contribution in [0.25, 0.3) is 0 Å². The summed E-state index contributed by atoms with van der Waals surface area (Å²) < 4.78 is 1.02. The number of primary amides is 1. The first-order chi connectivity index (χ1) is 16.9. The van der Waals surface area contributed by atoms with Crippen LogP contribution in [0.4, 0.5) is 4.79 Å². The first kappa shape index (κ1) is 24.3. The number of aryl methyl sites for hydroxylation is 3. The van der Waals surface area contributed by atoms with Crippen molar-refractivity contribution in [2.75, 3.05) is 39.3 Å². The standard InChI is InChI=1S/C27H34BrN5O2/c1-18-2-5-23-20(14-18)3-4-21-16-22(28)17-30-25(21)26(23)32-12-10-31(11-13-32)24(34)15-19-6-8-33(9-7-19)27(29)35/h2,5,14,16-17,19,26H,3-4,6-13,15H2,1H3,(H2,29,35). The minimum absolute atomic E-state index is 0.117. The zero-order valence-electron chi connectivity index (χ0n) is 20.4. The fraction of sp³-hybridized carbons (Fsp3) is 0.519. The summed E-state index contributed by atoms with van der Waals surface area (Å²) in [5.41, 5.74) is 11.9. The van der Waals surface area contributed by atoms with Crippen molar-refractivity contribution in [3.05, 3.63) is 62.9 Å². The topological polar surface area (TPSA) is 82.8 Å². The number of carbonyl (C=O) groups excluding carboxylic acids is 2. The van der Waals surface area contributed by atoms with Crippen LogP contribution in [-0.2, 0) is 17.6 Å². The van der Waals surface area contributed by atoms with Crippen LogP contribution in [0.15, 0.2) is 34.9 Å². The van der Waals surface area contributed by atoms with Gasteiger partial charge in [-0.1, -0.05) is 23.8 Å². The number of hydrogen-bond acceptors (Lipinski definition) is 4. The first-order valence-electron chi connectivity index (χ1n) is 12.7. The summed E-state index contributed by atoms with van der Waals surface area (Å²) in [7, 11) is 0. The summed E-state index contributed by atoms with van der Waals surface area (Å²) in [6.07, 6.45) is 6.19. The van der Waals surface area contributed by atoms with Crippen molar-refractivity contribution in [1.29, 1.82) is 0 Å². The predicted molar refractivity (Wildman–Crippen MR) is 139 cm³/mol. The molecule has 2 aliphatic heterocycles. The fourth-order valence-electron chi connectivity index (χ4n) is 5.91. The lowest BCUT2D eigenvalue weighted by Gasteiger charge is -2.40. The average molecular weight is 541 g/mol. The smallest absolute Gasteiger partial charge is 0.314 e. The quantitative estimate of drug-likeness (QED) is 0.645. The molecule has 1 unspecified atom stereocenters. The van der Waals surface area contributed by atoms with E-state index in [9.17, 15) is 9.59 Å². The maximum absolute atomic E-state index is 13.1. The van der Waals surface area contributed by atoms with Crippen molar-refractivity contribution in [1.82, 2.24) is 19.7 Å². The fourth-order valence-corrected chi connectivity index (χ4v) is 6.28. The van der Waals surface area contributed by atoms with Gasteiger partial charge >= 0.3 is 6.03 Å². The Bertz CT molecular complexity index is 1050. The number of rotatable bonds is 3. The SMILES string of the molecule is Cc1ccc2c(c1)CCc1cc(Br)cnc1C2N1CCN(C(=O)CC2CCN(C(N)=O)CC2)CC1. The van der Waals surface area contributed by atoms with E-state index < -0.39 is 0 Å². The molecule has 3 heterocycles. The number of piperazine rings is 1. The molecule has 2 fully saturated rings. The number of urea groups is 1. The lowest BCUT2D eigenvalue weighted by atomic mass is 9.92. The molecule has 0 saturated carbocycles. The van der Waals surface area contributed by atoms with Gasteiger partial charge in [0.15, 0.2) is 0 Å². The van der Waals surface area contributed by atoms with Crippen LogP contribution in [-0.4, -0.2) is 70.9 Å². The van der Waals surface area contributed by atoms with Crippen LogP contribution in [0.2, 0.25) is 0 Å². The van der Waals surface area contributed by atoms with Crippen LogP contribution in [0, 0.1) is 12.8 Å². The Kier molecular flexibility index (Phi) is 7.12. The molecule has 1 aromatic heterocycles. The van der Waals surface area contributed by atoms with E-state index in [4.69, 9.17) is 10.7 Å². The molecule has 2 saturated heterocycles. The van der Waals surface area contributed by atoms with Gasteiger partial charge < -0.3 is 15.5 Å². The zero-order valence-corrected chi connectivity index (χ0v) is 22.0. The summed E-state index contributed by atoms with van der Waals surface area (Å²) >= 11 is 3.61. The minimum atomic E-state index is -0.357. The average Bonchev–Trinajstić information content (AvgIpc) is 3.00. The predicted octanol–water partition coefficient (Wildman–Crippen LogP) is 3.67. The van der Waals surface area contributed by atoms with E-state index in [0.29, 0.717) is 25.4 Å². The third-order valence-electron chi connectivity index (χ3n) is 7.91. The molecular formula is C27H34BrN5O2. The molecule has 0 radical (unpaired) electrons. The van der Waals surface area contributed by atoms with Gasteiger partial charge in [0, 0.05) is 56.4 Å². The number of carbonyl (C=O) groups is 2. The molecule has 2 N–H and O–H groups in total. The lowest BCUT2D eigenvalue weighted by molar-refractivity contribution is -0.134. The molecule has 35 heavy (non-hydrogen) atoms. The van der Waals surface area contributed by atoms with Gasteiger partial charge in [-0.3, -0.25) is 14.7 Å². The molecule has 7 nitrogen and oxygen atoms in total. The maximum Gasteiger partial charge on any atom is 0.314 e. The van der Waals surface area contributed by atoms with Crippen LogP contribution in [0.1, 0.15) is 53.3 Å². The number of likely N-dealkylation sites (tertiary alicyclic amines) is 1. The zero-order chi connectivity index (χ0) is 24.5. The van der Waals surface area contributed by atoms with E-state index in [-0.39, 0.29) is 18.0 Å². The van der Waals surface area contributed by atoms with E-state index in [1.165, 1.54) is 22.3 Å². The molecule has 8 heteroatoms. The minimum Gasteiger partial charge on any atom is -0.351 e. The molecule has 3 aliphatic rings. The second-order valence-electron chi connectivity index (χ2n) is 10.2. The van der Waals surface area contributed by atoms with Crippen molar-refractivity contribution < 1.29 is 9.59 Å². The van der Waals surface area contributed by atoms with Crippen molar-refractivity contribution in [3.8, 4) is 0 Å². The van der Waals surface area contributed by atoms with Gasteiger partial charge in [0.25, 0.3) is 0 Å². The van der Waals surface area contributed by atoms with Gasteiger partial charge in [-0.2, -0.15) is 0 Å². The Balaban J connectivity index is 1.28. The van der Waals surface area contributed by atoms with E-state index >= 15 is 0 Å². The Morgan fingerprint density at radius 3 is 2.43 bits per heavy atom. The first-order valence-corrected chi connectivity index (χ1v) is 13.5. The molecule has 5 rings (SSSR count). The van der Waals surface area contributed by atoms with Gasteiger partial charge in [-0.25, -0.2) is 4.79 Å². The second kappa shape index (κ2) is 10.3. The Morgan fingerprint density at radius 2 is 1.71 bits per heavy atom. The number of piperidine rings is 1. The summed E-state index contributed by atoms with van der Waals surface area (Å²) in [4.78, 5) is 35.6. The van der Waals surface area contributed by atoms with Gasteiger partial charge in [-0.05, 0) is 77.2 Å². The molecular weight excluding hydrogens is 506 g/mol. The molecule has 1 aliphatic carbocycles. The summed E-state index contributed by atoms with van der Waals surface area (Å²) in [5.74, 6) is 0.573. The number of fused-ring (bicyclic) bond motifs is 2. The van der Waals surface area contributed by atoms with Crippen LogP contribution < -0.4 is 5.73 Å². The Labute approximate surface area is 215 Å². The van der Waals surface area contributed by atoms with Gasteiger partial charge in [0.2, 0.25) is 5.91 Å². The number of amides is 3. The molecule has 0 spiro atoms. The highest BCUT2D eigenvalue weighted by Gasteiger charge is 2.34. The highest BCUT2D eigenvalue weighted by molar-refractivity contribution is 9.10. The number of nitrogens with zero attached hydrogens (tertiary/aromatic N) is 4. The molecule has 186 valence electrons. The number of benzene rings is 1. The van der Waals surface area contributed by atoms with Crippen LogP contribution >= 0.6 is 15.9 Å². The molecule has 3 amide bonds. The molecule has 2 aromatic rings. The van der Waals surface area contributed by atoms with Gasteiger partial charge in [0.05, 0.1) is 11.7 Å². The van der Waals surface area contributed by atoms with E-state index in [1.807, 2.05) is 11.1 Å². The Morgan fingerprint density at radius 1 is 1.00 bits per heavy atom. The molecule has 0 bridgehead atoms. The molecule has 1 atom stereocenters. The van der Waals surface area contributed by atoms with Crippen molar-refractivity contribution in [2.45, 2.75) is 45.1 Å². The van der Waals surface area contributed by atoms with Crippen molar-refractivity contribution >= 4 is 27.9 Å². The third-order valence-corrected chi connectivity index (χ3v) is 8.34. The van der Waals surface area contributed by atoms with Crippen LogP contribution in [0.5, 0.6) is 0 Å². The number of pyridine rings is 1. The number of hydrogen-bond donors (Lipinski definition) is 1. The second-order valence-corrected chi connectivity index (χ2v) is 11.1. The van der Waals surface area contributed by atoms with E-state index in [1.54, 1.807) is 4.90 Å². The van der Waals surface area contributed by atoms with E-state index in [2.05, 4.69) is 52.0 Å². The molecule has 1 aromatic carbocycles. The monoisotopic (exact) mass is 539 g/mol. The number of aromatic nitrogens is 1. The van der Waals surface area contributed by atoms with Gasteiger partial charge in [-0.15, -0.1) is 0 Å². The Hall–Kier alpha value is -2.45. The number of nitrogens with two attached hydrogens (primary N) is 1. The third kappa shape index (κ3) is 5.23. The van der Waals surface area contributed by atoms with Crippen molar-refractivity contribution in [2.24, 2.45) is 11.7 Å². The highest BCUT2D eigenvalue weighted by atomic mass is 79.9. The normalized spacial score (nSPS) is 21.3. The summed E-state index contributed by atoms with van der Waals surface area (Å²) in [6, 6.07) is 8.80. The van der Waals surface area contributed by atoms with Crippen molar-refractivity contribution in [3.63, 3.8) is 0 Å². The number of halogens is 1. The highest BCUT2D eigenvalue weighted by Crippen LogP contribution is 2.37. The maximum atomic E-state index is 13.1. The van der Waals surface area contributed by atoms with Crippen LogP contribution in [0.3, 0.4) is 0 Å². The van der Waals surface area contributed by atoms with Gasteiger partial charge in [0.1, 0.15) is 0 Å². The summed E-state index contributed by atoms with van der Waals surface area (Å²) in [6.45, 7) is 6.62. The largest absolute Gasteiger partial charge is 0.351 e. The summed E-state index contributed by atoms with van der Waals surface area (Å²) in [5, 5.41) is 0. The van der Waals surface area contributed by atoms with E-state index in [0.717, 1.165) is 62.0 Å².